The smallest absolute Gasteiger partial charge is 0.254 e. The molecule has 3 aromatic carbocycles. The van der Waals surface area contributed by atoms with Crippen molar-refractivity contribution >= 4 is 33.3 Å². The molecule has 6 nitrogen and oxygen atoms in total. The number of halogens is 1. The normalized spacial score (nSPS) is 11.2. The average Bonchev–Trinajstić information content (AvgIpc) is 2.82. The number of carbonyl (C=O) groups is 2. The Morgan fingerprint density at radius 1 is 0.879 bits per heavy atom. The number of benzene rings is 3. The second kappa shape index (κ2) is 11.2. The Morgan fingerprint density at radius 2 is 1.48 bits per heavy atom. The largest absolute Gasteiger partial charge is 0.338 e. The molecule has 172 valence electrons. The molecule has 0 aromatic heterocycles. The predicted molar refractivity (Wildman–Crippen MR) is 130 cm³/mol. The van der Waals surface area contributed by atoms with E-state index < -0.39 is 10.0 Å². The van der Waals surface area contributed by atoms with E-state index in [2.05, 4.69) is 4.72 Å². The average molecular weight is 485 g/mol. The molecule has 0 bridgehead atoms. The molecule has 0 aliphatic rings. The highest BCUT2D eigenvalue weighted by atomic mass is 35.5. The number of ketones is 1. The summed E-state index contributed by atoms with van der Waals surface area (Å²) in [5, 5.41) is 0.516. The maximum absolute atomic E-state index is 13.2. The van der Waals surface area contributed by atoms with Crippen molar-refractivity contribution in [3.63, 3.8) is 0 Å². The van der Waals surface area contributed by atoms with Gasteiger partial charge in [0.15, 0.2) is 5.78 Å². The first-order valence-electron chi connectivity index (χ1n) is 10.5. The molecule has 0 heterocycles. The van der Waals surface area contributed by atoms with Gasteiger partial charge in [0.05, 0.1) is 11.3 Å². The first-order chi connectivity index (χ1) is 15.8. The molecule has 33 heavy (non-hydrogen) atoms. The summed E-state index contributed by atoms with van der Waals surface area (Å²) in [4.78, 5) is 27.7. The van der Waals surface area contributed by atoms with Gasteiger partial charge < -0.3 is 4.90 Å². The third-order valence-corrected chi connectivity index (χ3v) is 6.69. The van der Waals surface area contributed by atoms with Crippen LogP contribution in [0.1, 0.15) is 38.8 Å². The molecule has 0 fully saturated rings. The van der Waals surface area contributed by atoms with E-state index in [-0.39, 0.29) is 41.7 Å². The lowest BCUT2D eigenvalue weighted by atomic mass is 9.97. The Balaban J connectivity index is 1.69. The minimum absolute atomic E-state index is 0.0715. The third-order valence-electron chi connectivity index (χ3n) is 5.08. The number of sulfonamides is 1. The fourth-order valence-corrected chi connectivity index (χ4v) is 4.64. The van der Waals surface area contributed by atoms with E-state index in [0.29, 0.717) is 22.7 Å². The van der Waals surface area contributed by atoms with Crippen molar-refractivity contribution in [3.8, 4) is 0 Å². The van der Waals surface area contributed by atoms with Crippen molar-refractivity contribution in [1.29, 1.82) is 0 Å². The quantitative estimate of drug-likeness (QED) is 0.438. The summed E-state index contributed by atoms with van der Waals surface area (Å²) in [6.07, 6.45) is 0. The predicted octanol–water partition coefficient (Wildman–Crippen LogP) is 4.15. The molecule has 8 heteroatoms. The lowest BCUT2D eigenvalue weighted by Crippen LogP contribution is -2.39. The van der Waals surface area contributed by atoms with Gasteiger partial charge in [-0.3, -0.25) is 9.59 Å². The maximum atomic E-state index is 13.2. The minimum atomic E-state index is -3.54. The van der Waals surface area contributed by atoms with Gasteiger partial charge in [-0.05, 0) is 42.8 Å². The molecule has 3 rings (SSSR count). The van der Waals surface area contributed by atoms with Gasteiger partial charge in [0.1, 0.15) is 0 Å². The molecule has 1 N–H and O–H groups in total. The molecule has 0 saturated heterocycles. The van der Waals surface area contributed by atoms with E-state index in [9.17, 15) is 18.0 Å². The summed E-state index contributed by atoms with van der Waals surface area (Å²) in [5.74, 6) is -0.750. The monoisotopic (exact) mass is 484 g/mol. The van der Waals surface area contributed by atoms with Crippen LogP contribution in [-0.4, -0.2) is 44.6 Å². The fourth-order valence-electron chi connectivity index (χ4n) is 3.38. The van der Waals surface area contributed by atoms with Gasteiger partial charge in [-0.1, -0.05) is 60.1 Å². The SMILES string of the molecule is CCN(CCNS(=O)(=O)Cc1ccccc1)C(=O)c1ccccc1C(=O)c1ccc(Cl)cc1. The van der Waals surface area contributed by atoms with Crippen LogP contribution in [-0.2, 0) is 15.8 Å². The Hall–Kier alpha value is -3.00. The zero-order valence-electron chi connectivity index (χ0n) is 18.2. The molecule has 3 aromatic rings. The zero-order valence-corrected chi connectivity index (χ0v) is 19.8. The highest BCUT2D eigenvalue weighted by molar-refractivity contribution is 7.88. The van der Waals surface area contributed by atoms with E-state index >= 15 is 0 Å². The van der Waals surface area contributed by atoms with Gasteiger partial charge in [-0.25, -0.2) is 13.1 Å². The molecule has 0 radical (unpaired) electrons. The molecule has 0 spiro atoms. The van der Waals surface area contributed by atoms with Crippen LogP contribution < -0.4 is 4.72 Å². The summed E-state index contributed by atoms with van der Waals surface area (Å²) in [6, 6.07) is 22.0. The van der Waals surface area contributed by atoms with E-state index in [1.165, 1.54) is 4.90 Å². The summed E-state index contributed by atoms with van der Waals surface area (Å²) >= 11 is 5.91. The van der Waals surface area contributed by atoms with Crippen LogP contribution in [0, 0.1) is 0 Å². The highest BCUT2D eigenvalue weighted by Gasteiger charge is 2.22. The number of rotatable bonds is 10. The van der Waals surface area contributed by atoms with E-state index in [0.717, 1.165) is 0 Å². The lowest BCUT2D eigenvalue weighted by Gasteiger charge is -2.22. The van der Waals surface area contributed by atoms with Crippen molar-refractivity contribution in [3.05, 3.63) is 106 Å². The second-order valence-electron chi connectivity index (χ2n) is 7.41. The van der Waals surface area contributed by atoms with Crippen molar-refractivity contribution < 1.29 is 18.0 Å². The Labute approximate surface area is 199 Å². The number of hydrogen-bond donors (Lipinski definition) is 1. The Morgan fingerprint density at radius 3 is 2.12 bits per heavy atom. The van der Waals surface area contributed by atoms with Gasteiger partial charge in [0.2, 0.25) is 10.0 Å². The molecular weight excluding hydrogens is 460 g/mol. The topological polar surface area (TPSA) is 83.6 Å². The number of amides is 1. The van der Waals surface area contributed by atoms with Gasteiger partial charge in [-0.2, -0.15) is 0 Å². The first-order valence-corrected chi connectivity index (χ1v) is 12.5. The molecular formula is C25H25ClN2O4S. The minimum Gasteiger partial charge on any atom is -0.338 e. The van der Waals surface area contributed by atoms with Crippen LogP contribution in [0.3, 0.4) is 0 Å². The van der Waals surface area contributed by atoms with Crippen LogP contribution in [0.2, 0.25) is 5.02 Å². The molecule has 0 atom stereocenters. The Bertz CT molecular complexity index is 1210. The Kier molecular flexibility index (Phi) is 8.38. The van der Waals surface area contributed by atoms with Crippen molar-refractivity contribution in [1.82, 2.24) is 9.62 Å². The molecule has 0 aliphatic carbocycles. The molecule has 1 amide bonds. The number of carbonyl (C=O) groups excluding carboxylic acids is 2. The number of hydrogen-bond acceptors (Lipinski definition) is 4. The standard InChI is InChI=1S/C25H25ClN2O4S/c1-2-28(17-16-27-33(31,32)18-19-8-4-3-5-9-19)25(30)23-11-7-6-10-22(23)24(29)20-12-14-21(26)15-13-20/h3-15,27H,2,16-18H2,1H3. The number of likely N-dealkylation sites (N-methyl/N-ethyl adjacent to an activating group) is 1. The van der Waals surface area contributed by atoms with Gasteiger partial charge in [-0.15, -0.1) is 0 Å². The van der Waals surface area contributed by atoms with Crippen LogP contribution in [0.4, 0.5) is 0 Å². The van der Waals surface area contributed by atoms with Gasteiger partial charge in [0, 0.05) is 35.8 Å². The van der Waals surface area contributed by atoms with Crippen molar-refractivity contribution in [2.45, 2.75) is 12.7 Å². The van der Waals surface area contributed by atoms with E-state index in [4.69, 9.17) is 11.6 Å². The summed E-state index contributed by atoms with van der Waals surface area (Å²) in [7, 11) is -3.54. The lowest BCUT2D eigenvalue weighted by molar-refractivity contribution is 0.0763. The van der Waals surface area contributed by atoms with Crippen LogP contribution >= 0.6 is 11.6 Å². The van der Waals surface area contributed by atoms with Crippen LogP contribution in [0.5, 0.6) is 0 Å². The summed E-state index contributed by atoms with van der Waals surface area (Å²) < 4.78 is 27.3. The van der Waals surface area contributed by atoms with Gasteiger partial charge >= 0.3 is 0 Å². The van der Waals surface area contributed by atoms with Crippen molar-refractivity contribution in [2.24, 2.45) is 0 Å². The van der Waals surface area contributed by atoms with Crippen molar-refractivity contribution in [2.75, 3.05) is 19.6 Å². The molecule has 0 unspecified atom stereocenters. The zero-order chi connectivity index (χ0) is 23.8. The third kappa shape index (κ3) is 6.74. The van der Waals surface area contributed by atoms with Crippen LogP contribution in [0.15, 0.2) is 78.9 Å². The molecule has 0 aliphatic heterocycles. The maximum Gasteiger partial charge on any atom is 0.254 e. The van der Waals surface area contributed by atoms with E-state index in [1.54, 1.807) is 79.7 Å². The van der Waals surface area contributed by atoms with Crippen LogP contribution in [0.25, 0.3) is 0 Å². The van der Waals surface area contributed by atoms with E-state index in [1.807, 2.05) is 6.07 Å². The number of nitrogens with one attached hydrogen (secondary N) is 1. The fraction of sp³-hybridized carbons (Fsp3) is 0.200. The second-order valence-corrected chi connectivity index (χ2v) is 9.65. The molecule has 0 saturated carbocycles. The van der Waals surface area contributed by atoms with Gasteiger partial charge in [0.25, 0.3) is 5.91 Å². The summed E-state index contributed by atoms with van der Waals surface area (Å²) in [5.41, 5.74) is 1.67. The first kappa shape index (κ1) is 24.6. The summed E-state index contributed by atoms with van der Waals surface area (Å²) in [6.45, 7) is 2.41. The highest BCUT2D eigenvalue weighted by Crippen LogP contribution is 2.18. The number of nitrogens with zero attached hydrogens (tertiary/aromatic N) is 1.